The highest BCUT2D eigenvalue weighted by Gasteiger charge is 2.13. The Bertz CT molecular complexity index is 406. The quantitative estimate of drug-likeness (QED) is 0.569. The van der Waals surface area contributed by atoms with Gasteiger partial charge in [-0.2, -0.15) is 8.42 Å². The molecule has 0 unspecified atom stereocenters. The van der Waals surface area contributed by atoms with E-state index in [0.29, 0.717) is 0 Å². The Balaban J connectivity index is 2.60. The normalized spacial score (nSPS) is 11.6. The summed E-state index contributed by atoms with van der Waals surface area (Å²) in [5.41, 5.74) is 1.03. The minimum Gasteiger partial charge on any atom is -0.266 e. The fourth-order valence-corrected chi connectivity index (χ4v) is 2.24. The van der Waals surface area contributed by atoms with E-state index >= 15 is 0 Å². The molecule has 0 saturated heterocycles. The van der Waals surface area contributed by atoms with Gasteiger partial charge in [-0.15, -0.1) is 0 Å². The van der Waals surface area contributed by atoms with Crippen molar-refractivity contribution >= 4 is 10.1 Å². The number of rotatable bonds is 6. The van der Waals surface area contributed by atoms with Crippen molar-refractivity contribution in [3.63, 3.8) is 0 Å². The first-order chi connectivity index (χ1) is 7.56. The second-order valence-electron chi connectivity index (χ2n) is 3.80. The fraction of sp³-hybridized carbons (Fsp3) is 0.500. The molecule has 1 rings (SSSR count). The van der Waals surface area contributed by atoms with E-state index < -0.39 is 10.1 Å². The first-order valence-electron chi connectivity index (χ1n) is 5.52. The Morgan fingerprint density at radius 3 is 2.31 bits per heavy atom. The molecule has 4 heteroatoms. The summed E-state index contributed by atoms with van der Waals surface area (Å²) in [6.45, 7) is 4.25. The van der Waals surface area contributed by atoms with Gasteiger partial charge in [0.15, 0.2) is 0 Å². The highest BCUT2D eigenvalue weighted by atomic mass is 32.2. The maximum Gasteiger partial charge on any atom is 0.296 e. The predicted molar refractivity (Wildman–Crippen MR) is 63.8 cm³/mol. The summed E-state index contributed by atoms with van der Waals surface area (Å²) in [6, 6.07) is 6.68. The van der Waals surface area contributed by atoms with Crippen molar-refractivity contribution in [1.82, 2.24) is 0 Å². The Labute approximate surface area is 97.6 Å². The van der Waals surface area contributed by atoms with Crippen molar-refractivity contribution in [3.05, 3.63) is 29.8 Å². The third-order valence-electron chi connectivity index (χ3n) is 2.30. The molecule has 0 saturated carbocycles. The van der Waals surface area contributed by atoms with Crippen molar-refractivity contribution in [2.45, 2.75) is 38.0 Å². The van der Waals surface area contributed by atoms with E-state index in [1.54, 1.807) is 24.3 Å². The molecule has 0 aliphatic rings. The molecule has 0 aliphatic heterocycles. The average molecular weight is 242 g/mol. The van der Waals surface area contributed by atoms with Crippen LogP contribution in [0.15, 0.2) is 29.2 Å². The third kappa shape index (κ3) is 3.94. The minimum absolute atomic E-state index is 0.231. The molecule has 3 nitrogen and oxygen atoms in total. The van der Waals surface area contributed by atoms with Gasteiger partial charge in [0.05, 0.1) is 11.5 Å². The molecule has 0 fully saturated rings. The van der Waals surface area contributed by atoms with Crippen LogP contribution in [-0.2, 0) is 14.3 Å². The van der Waals surface area contributed by atoms with Crippen molar-refractivity contribution in [2.75, 3.05) is 6.61 Å². The summed E-state index contributed by atoms with van der Waals surface area (Å²) in [6.07, 6.45) is 2.82. The maximum absolute atomic E-state index is 11.7. The van der Waals surface area contributed by atoms with E-state index in [2.05, 4.69) is 6.92 Å². The summed E-state index contributed by atoms with van der Waals surface area (Å²) in [7, 11) is -3.56. The molecular formula is C12H18O3S. The Morgan fingerprint density at radius 2 is 1.75 bits per heavy atom. The first kappa shape index (κ1) is 13.2. The van der Waals surface area contributed by atoms with Crippen LogP contribution in [0.5, 0.6) is 0 Å². The lowest BCUT2D eigenvalue weighted by atomic mass is 10.2. The molecule has 1 aromatic rings. The van der Waals surface area contributed by atoms with Crippen LogP contribution in [0.3, 0.4) is 0 Å². The number of benzene rings is 1. The predicted octanol–water partition coefficient (Wildman–Crippen LogP) is 2.89. The van der Waals surface area contributed by atoms with Gasteiger partial charge < -0.3 is 0 Å². The number of hydrogen-bond donors (Lipinski definition) is 0. The van der Waals surface area contributed by atoms with Crippen LogP contribution in [0.1, 0.15) is 31.7 Å². The topological polar surface area (TPSA) is 43.4 Å². The lowest BCUT2D eigenvalue weighted by molar-refractivity contribution is 0.308. The summed E-state index contributed by atoms with van der Waals surface area (Å²) in [5.74, 6) is 0. The van der Waals surface area contributed by atoms with E-state index in [-0.39, 0.29) is 11.5 Å². The lowest BCUT2D eigenvalue weighted by Gasteiger charge is -2.05. The smallest absolute Gasteiger partial charge is 0.266 e. The second-order valence-corrected chi connectivity index (χ2v) is 5.41. The van der Waals surface area contributed by atoms with Gasteiger partial charge in [0, 0.05) is 0 Å². The second kappa shape index (κ2) is 6.01. The van der Waals surface area contributed by atoms with Crippen molar-refractivity contribution in [1.29, 1.82) is 0 Å². The number of unbranched alkanes of at least 4 members (excludes halogenated alkanes) is 2. The SMILES string of the molecule is CCCCCOS(=O)(=O)c1ccc(C)cc1. The highest BCUT2D eigenvalue weighted by Crippen LogP contribution is 2.13. The van der Waals surface area contributed by atoms with Gasteiger partial charge in [-0.05, 0) is 25.5 Å². The first-order valence-corrected chi connectivity index (χ1v) is 6.93. The molecule has 1 aromatic carbocycles. The fourth-order valence-electron chi connectivity index (χ4n) is 1.29. The molecule has 16 heavy (non-hydrogen) atoms. The van der Waals surface area contributed by atoms with E-state index in [1.807, 2.05) is 6.92 Å². The Morgan fingerprint density at radius 1 is 1.12 bits per heavy atom. The summed E-state index contributed by atoms with van der Waals surface area (Å²) in [5, 5.41) is 0. The largest absolute Gasteiger partial charge is 0.296 e. The van der Waals surface area contributed by atoms with E-state index in [4.69, 9.17) is 4.18 Å². The molecular weight excluding hydrogens is 224 g/mol. The molecule has 0 bridgehead atoms. The number of hydrogen-bond acceptors (Lipinski definition) is 3. The summed E-state index contributed by atoms with van der Waals surface area (Å²) in [4.78, 5) is 0.231. The zero-order valence-electron chi connectivity index (χ0n) is 9.77. The zero-order valence-corrected chi connectivity index (χ0v) is 10.6. The van der Waals surface area contributed by atoms with E-state index in [1.165, 1.54) is 0 Å². The standard InChI is InChI=1S/C12H18O3S/c1-3-4-5-10-15-16(13,14)12-8-6-11(2)7-9-12/h6-9H,3-5,10H2,1-2H3. The van der Waals surface area contributed by atoms with Crippen LogP contribution in [0, 0.1) is 6.92 Å². The van der Waals surface area contributed by atoms with Gasteiger partial charge in [0.25, 0.3) is 10.1 Å². The van der Waals surface area contributed by atoms with Crippen LogP contribution >= 0.6 is 0 Å². The van der Waals surface area contributed by atoms with E-state index in [9.17, 15) is 8.42 Å². The van der Waals surface area contributed by atoms with Crippen LogP contribution in [0.25, 0.3) is 0 Å². The van der Waals surface area contributed by atoms with Gasteiger partial charge >= 0.3 is 0 Å². The van der Waals surface area contributed by atoms with Crippen LogP contribution in [0.2, 0.25) is 0 Å². The van der Waals surface area contributed by atoms with Crippen LogP contribution < -0.4 is 0 Å². The third-order valence-corrected chi connectivity index (χ3v) is 3.62. The molecule has 0 N–H and O–H groups in total. The maximum atomic E-state index is 11.7. The highest BCUT2D eigenvalue weighted by molar-refractivity contribution is 7.86. The van der Waals surface area contributed by atoms with Gasteiger partial charge in [0.1, 0.15) is 0 Å². The molecule has 0 radical (unpaired) electrons. The summed E-state index contributed by atoms with van der Waals surface area (Å²) >= 11 is 0. The monoisotopic (exact) mass is 242 g/mol. The van der Waals surface area contributed by atoms with Crippen molar-refractivity contribution in [3.8, 4) is 0 Å². The molecule has 0 amide bonds. The van der Waals surface area contributed by atoms with Gasteiger partial charge in [-0.25, -0.2) is 0 Å². The zero-order chi connectivity index (χ0) is 12.0. The molecule has 0 heterocycles. The Hall–Kier alpha value is -0.870. The molecule has 0 aromatic heterocycles. The van der Waals surface area contributed by atoms with Crippen molar-refractivity contribution in [2.24, 2.45) is 0 Å². The Kier molecular flexibility index (Phi) is 4.96. The van der Waals surface area contributed by atoms with Crippen LogP contribution in [0.4, 0.5) is 0 Å². The van der Waals surface area contributed by atoms with Gasteiger partial charge in [-0.3, -0.25) is 4.18 Å². The van der Waals surface area contributed by atoms with Gasteiger partial charge in [0.2, 0.25) is 0 Å². The number of aryl methyl sites for hydroxylation is 1. The summed E-state index contributed by atoms with van der Waals surface area (Å²) < 4.78 is 28.3. The van der Waals surface area contributed by atoms with Crippen LogP contribution in [-0.4, -0.2) is 15.0 Å². The van der Waals surface area contributed by atoms with E-state index in [0.717, 1.165) is 24.8 Å². The van der Waals surface area contributed by atoms with Crippen molar-refractivity contribution < 1.29 is 12.6 Å². The molecule has 0 atom stereocenters. The van der Waals surface area contributed by atoms with Gasteiger partial charge in [-0.1, -0.05) is 37.5 Å². The minimum atomic E-state index is -3.56. The molecule has 0 aliphatic carbocycles. The molecule has 0 spiro atoms. The lowest BCUT2D eigenvalue weighted by Crippen LogP contribution is -2.07. The average Bonchev–Trinajstić information content (AvgIpc) is 2.25. The molecule has 90 valence electrons.